The van der Waals surface area contributed by atoms with Gasteiger partial charge in [0.05, 0.1) is 18.7 Å². The summed E-state index contributed by atoms with van der Waals surface area (Å²) < 4.78 is 4.76. The number of rotatable bonds is 5. The second-order valence-electron chi connectivity index (χ2n) is 5.20. The maximum absolute atomic E-state index is 12.1. The lowest BCUT2D eigenvalue weighted by Gasteiger charge is -2.14. The third-order valence-electron chi connectivity index (χ3n) is 3.07. The number of carbonyl (C=O) groups excluding carboxylic acids is 2. The Morgan fingerprint density at radius 1 is 1.35 bits per heavy atom. The van der Waals surface area contributed by atoms with Crippen molar-refractivity contribution in [2.45, 2.75) is 40.2 Å². The summed E-state index contributed by atoms with van der Waals surface area (Å²) in [7, 11) is 1.32. The molecule has 1 rings (SSSR count). The number of methoxy groups -OCH3 is 1. The largest absolute Gasteiger partial charge is 0.465 e. The van der Waals surface area contributed by atoms with Gasteiger partial charge >= 0.3 is 5.97 Å². The lowest BCUT2D eigenvalue weighted by atomic mass is 10.0. The van der Waals surface area contributed by atoms with Gasteiger partial charge in [-0.25, -0.2) is 4.79 Å². The fourth-order valence-corrected chi connectivity index (χ4v) is 2.93. The molecule has 6 heteroatoms. The molecule has 1 heterocycles. The fourth-order valence-electron chi connectivity index (χ4n) is 1.88. The summed E-state index contributed by atoms with van der Waals surface area (Å²) >= 11 is 1.36. The van der Waals surface area contributed by atoms with Gasteiger partial charge in [-0.1, -0.05) is 13.8 Å². The molecule has 3 N–H and O–H groups in total. The molecule has 0 bridgehead atoms. The minimum Gasteiger partial charge on any atom is -0.465 e. The van der Waals surface area contributed by atoms with Gasteiger partial charge in [0.15, 0.2) is 0 Å². The van der Waals surface area contributed by atoms with Crippen LogP contribution in [-0.4, -0.2) is 25.0 Å². The standard InChI is InChI=1S/C14H22N2O3S/c1-7(2)6-10(15)12(17)16-13-11(14(18)19-5)8(3)9(4)20-13/h7,10H,6,15H2,1-5H3,(H,16,17)/t10-/m1/s1. The van der Waals surface area contributed by atoms with Crippen LogP contribution in [0.15, 0.2) is 0 Å². The van der Waals surface area contributed by atoms with Crippen molar-refractivity contribution in [2.24, 2.45) is 11.7 Å². The lowest BCUT2D eigenvalue weighted by molar-refractivity contribution is -0.117. The number of carbonyl (C=O) groups is 2. The zero-order valence-corrected chi connectivity index (χ0v) is 13.4. The Labute approximate surface area is 123 Å². The highest BCUT2D eigenvalue weighted by molar-refractivity contribution is 7.16. The van der Waals surface area contributed by atoms with Crippen LogP contribution in [0.2, 0.25) is 0 Å². The van der Waals surface area contributed by atoms with E-state index in [0.717, 1.165) is 10.4 Å². The number of aryl methyl sites for hydroxylation is 1. The van der Waals surface area contributed by atoms with E-state index >= 15 is 0 Å². The summed E-state index contributed by atoms with van der Waals surface area (Å²) in [6.45, 7) is 7.75. The molecule has 0 aliphatic heterocycles. The highest BCUT2D eigenvalue weighted by Gasteiger charge is 2.23. The molecule has 0 aromatic carbocycles. The van der Waals surface area contributed by atoms with Gasteiger partial charge in [0.2, 0.25) is 5.91 Å². The van der Waals surface area contributed by atoms with E-state index in [4.69, 9.17) is 10.5 Å². The summed E-state index contributed by atoms with van der Waals surface area (Å²) in [6.07, 6.45) is 0.600. The number of ether oxygens (including phenoxy) is 1. The molecule has 0 unspecified atom stereocenters. The second kappa shape index (κ2) is 6.85. The molecule has 1 amide bonds. The molecule has 5 nitrogen and oxygen atoms in total. The monoisotopic (exact) mass is 298 g/mol. The van der Waals surface area contributed by atoms with Crippen LogP contribution < -0.4 is 11.1 Å². The van der Waals surface area contributed by atoms with Crippen LogP contribution in [0.25, 0.3) is 0 Å². The first-order valence-corrected chi connectivity index (χ1v) is 7.34. The normalized spacial score (nSPS) is 12.3. The van der Waals surface area contributed by atoms with Crippen molar-refractivity contribution in [1.29, 1.82) is 0 Å². The van der Waals surface area contributed by atoms with Crippen LogP contribution in [0.1, 0.15) is 41.1 Å². The van der Waals surface area contributed by atoms with Gasteiger partial charge in [-0.2, -0.15) is 0 Å². The van der Waals surface area contributed by atoms with Crippen LogP contribution in [0.4, 0.5) is 5.00 Å². The average Bonchev–Trinajstić information content (AvgIpc) is 2.63. The molecule has 0 aliphatic rings. The SMILES string of the molecule is COC(=O)c1c(NC(=O)[C@H](N)CC(C)C)sc(C)c1C. The van der Waals surface area contributed by atoms with Gasteiger partial charge in [-0.05, 0) is 31.7 Å². The van der Waals surface area contributed by atoms with Crippen molar-refractivity contribution in [2.75, 3.05) is 12.4 Å². The van der Waals surface area contributed by atoms with E-state index in [-0.39, 0.29) is 5.91 Å². The number of amides is 1. The number of hydrogen-bond donors (Lipinski definition) is 2. The van der Waals surface area contributed by atoms with E-state index in [9.17, 15) is 9.59 Å². The number of anilines is 1. The Morgan fingerprint density at radius 3 is 2.45 bits per heavy atom. The molecular formula is C14H22N2O3S. The van der Waals surface area contributed by atoms with E-state index in [0.29, 0.717) is 22.9 Å². The molecule has 0 saturated heterocycles. The van der Waals surface area contributed by atoms with Gasteiger partial charge in [0.25, 0.3) is 0 Å². The van der Waals surface area contributed by atoms with Gasteiger partial charge in [0, 0.05) is 4.88 Å². The number of esters is 1. The lowest BCUT2D eigenvalue weighted by Crippen LogP contribution is -2.36. The van der Waals surface area contributed by atoms with E-state index in [2.05, 4.69) is 5.32 Å². The molecule has 0 radical (unpaired) electrons. The maximum atomic E-state index is 12.1. The summed E-state index contributed by atoms with van der Waals surface area (Å²) in [4.78, 5) is 24.8. The first-order valence-electron chi connectivity index (χ1n) is 6.52. The molecule has 0 fully saturated rings. The van der Waals surface area contributed by atoms with Crippen LogP contribution in [0, 0.1) is 19.8 Å². The number of nitrogens with two attached hydrogens (primary N) is 1. The number of thiophene rings is 1. The van der Waals surface area contributed by atoms with Crippen LogP contribution in [-0.2, 0) is 9.53 Å². The van der Waals surface area contributed by atoms with E-state index in [1.807, 2.05) is 27.7 Å². The summed E-state index contributed by atoms with van der Waals surface area (Å²) in [6, 6.07) is -0.580. The topological polar surface area (TPSA) is 81.4 Å². The van der Waals surface area contributed by atoms with Gasteiger partial charge in [-0.15, -0.1) is 11.3 Å². The third kappa shape index (κ3) is 3.80. The minimum atomic E-state index is -0.580. The van der Waals surface area contributed by atoms with Crippen molar-refractivity contribution in [3.05, 3.63) is 16.0 Å². The summed E-state index contributed by atoms with van der Waals surface area (Å²) in [5.41, 5.74) is 7.09. The molecule has 1 atom stereocenters. The van der Waals surface area contributed by atoms with Gasteiger partial charge < -0.3 is 15.8 Å². The van der Waals surface area contributed by atoms with E-state index in [1.54, 1.807) is 0 Å². The molecule has 112 valence electrons. The average molecular weight is 298 g/mol. The van der Waals surface area contributed by atoms with Crippen LogP contribution in [0.3, 0.4) is 0 Å². The maximum Gasteiger partial charge on any atom is 0.341 e. The van der Waals surface area contributed by atoms with Crippen molar-refractivity contribution in [3.63, 3.8) is 0 Å². The zero-order chi connectivity index (χ0) is 15.4. The van der Waals surface area contributed by atoms with Gasteiger partial charge in [-0.3, -0.25) is 4.79 Å². The second-order valence-corrected chi connectivity index (χ2v) is 6.43. The predicted molar refractivity (Wildman–Crippen MR) is 81.2 cm³/mol. The van der Waals surface area contributed by atoms with E-state index in [1.165, 1.54) is 18.4 Å². The van der Waals surface area contributed by atoms with Crippen molar-refractivity contribution >= 4 is 28.2 Å². The first kappa shape index (κ1) is 16.7. The Kier molecular flexibility index (Phi) is 5.71. The smallest absolute Gasteiger partial charge is 0.341 e. The molecule has 1 aromatic heterocycles. The van der Waals surface area contributed by atoms with E-state index < -0.39 is 12.0 Å². The highest BCUT2D eigenvalue weighted by atomic mass is 32.1. The zero-order valence-electron chi connectivity index (χ0n) is 12.6. The highest BCUT2D eigenvalue weighted by Crippen LogP contribution is 2.33. The Morgan fingerprint density at radius 2 is 1.95 bits per heavy atom. The number of hydrogen-bond acceptors (Lipinski definition) is 5. The third-order valence-corrected chi connectivity index (χ3v) is 4.20. The van der Waals surface area contributed by atoms with Crippen molar-refractivity contribution < 1.29 is 14.3 Å². The molecule has 0 spiro atoms. The Balaban J connectivity index is 2.95. The van der Waals surface area contributed by atoms with Crippen LogP contribution in [0.5, 0.6) is 0 Å². The molecule has 20 heavy (non-hydrogen) atoms. The van der Waals surface area contributed by atoms with Crippen LogP contribution >= 0.6 is 11.3 Å². The Hall–Kier alpha value is -1.40. The summed E-state index contributed by atoms with van der Waals surface area (Å²) in [5.74, 6) is -0.382. The van der Waals surface area contributed by atoms with Crippen molar-refractivity contribution in [1.82, 2.24) is 0 Å². The first-order chi connectivity index (χ1) is 9.27. The molecule has 0 saturated carbocycles. The number of nitrogens with one attached hydrogen (secondary N) is 1. The summed E-state index contributed by atoms with van der Waals surface area (Å²) in [5, 5.41) is 3.26. The van der Waals surface area contributed by atoms with Gasteiger partial charge in [0.1, 0.15) is 5.00 Å². The minimum absolute atomic E-state index is 0.273. The Bertz CT molecular complexity index is 509. The predicted octanol–water partition coefficient (Wildman–Crippen LogP) is 2.46. The fraction of sp³-hybridized carbons (Fsp3) is 0.571. The molecule has 0 aliphatic carbocycles. The quantitative estimate of drug-likeness (QED) is 0.818. The molecule has 1 aromatic rings. The van der Waals surface area contributed by atoms with Crippen molar-refractivity contribution in [3.8, 4) is 0 Å². The molecular weight excluding hydrogens is 276 g/mol.